The number of hydrazine groups is 1. The van der Waals surface area contributed by atoms with E-state index < -0.39 is 7.35 Å². The van der Waals surface area contributed by atoms with Crippen molar-refractivity contribution in [2.24, 2.45) is 17.7 Å². The molecule has 2 unspecified atom stereocenters. The molecular weight excluding hydrogens is 579 g/mol. The molecule has 0 amide bonds. The van der Waals surface area contributed by atoms with E-state index in [2.05, 4.69) is 57.7 Å². The fourth-order valence-electron chi connectivity index (χ4n) is 6.10. The molecule has 1 aromatic rings. The quantitative estimate of drug-likeness (QED) is 0.0192. The molecular formula is C37H73N4OPS. The SMILES string of the molecule is CCCCCCCCCCCCCCCCCCN(CSP(O)CC(C)CC(C)C)CN(N)c1ccc(CCCC)cc1N. The van der Waals surface area contributed by atoms with Gasteiger partial charge in [0.05, 0.1) is 31.3 Å². The normalized spacial score (nSPS) is 13.2. The highest BCUT2D eigenvalue weighted by atomic mass is 32.7. The lowest BCUT2D eigenvalue weighted by Gasteiger charge is -2.30. The molecule has 0 saturated carbocycles. The Labute approximate surface area is 279 Å². The van der Waals surface area contributed by atoms with Gasteiger partial charge in [0, 0.05) is 12.7 Å². The van der Waals surface area contributed by atoms with Crippen LogP contribution in [0.3, 0.4) is 0 Å². The zero-order valence-corrected chi connectivity index (χ0v) is 31.4. The van der Waals surface area contributed by atoms with Gasteiger partial charge in [0.1, 0.15) is 0 Å². The highest BCUT2D eigenvalue weighted by Crippen LogP contribution is 2.48. The van der Waals surface area contributed by atoms with Crippen LogP contribution < -0.4 is 16.6 Å². The van der Waals surface area contributed by atoms with Gasteiger partial charge in [-0.05, 0) is 55.2 Å². The lowest BCUT2D eigenvalue weighted by molar-refractivity contribution is 0.310. The highest BCUT2D eigenvalue weighted by Gasteiger charge is 2.17. The molecule has 44 heavy (non-hydrogen) atoms. The average molecular weight is 653 g/mol. The smallest absolute Gasteiger partial charge is 0.0868 e. The number of unbranched alkanes of at least 4 members (excludes halogenated alkanes) is 16. The number of nitrogen functional groups attached to an aromatic ring is 1. The molecule has 0 fully saturated rings. The summed E-state index contributed by atoms with van der Waals surface area (Å²) in [5, 5.41) is 1.80. The maximum absolute atomic E-state index is 10.8. The largest absolute Gasteiger partial charge is 0.397 e. The molecule has 2 atom stereocenters. The number of hydrogen-bond donors (Lipinski definition) is 3. The third-order valence-corrected chi connectivity index (χ3v) is 12.0. The first-order chi connectivity index (χ1) is 21.3. The fraction of sp³-hybridized carbons (Fsp3) is 0.838. The van der Waals surface area contributed by atoms with E-state index in [0.29, 0.717) is 18.5 Å². The number of benzene rings is 1. The monoisotopic (exact) mass is 653 g/mol. The fourth-order valence-corrected chi connectivity index (χ4v) is 9.36. The summed E-state index contributed by atoms with van der Waals surface area (Å²) in [5.41, 5.74) is 9.37. The summed E-state index contributed by atoms with van der Waals surface area (Å²) in [6.45, 7) is 12.9. The Morgan fingerprint density at radius 2 is 1.30 bits per heavy atom. The lowest BCUT2D eigenvalue weighted by atomic mass is 10.0. The van der Waals surface area contributed by atoms with Gasteiger partial charge in [-0.1, -0.05) is 155 Å². The summed E-state index contributed by atoms with van der Waals surface area (Å²) in [4.78, 5) is 13.2. The molecule has 7 heteroatoms. The van der Waals surface area contributed by atoms with Crippen LogP contribution in [-0.4, -0.2) is 35.0 Å². The van der Waals surface area contributed by atoms with Crippen molar-refractivity contribution in [2.75, 3.05) is 36.0 Å². The molecule has 5 N–H and O–H groups in total. The number of aryl methyl sites for hydroxylation is 1. The molecule has 0 aliphatic rings. The van der Waals surface area contributed by atoms with Crippen molar-refractivity contribution < 1.29 is 4.89 Å². The van der Waals surface area contributed by atoms with Crippen molar-refractivity contribution in [2.45, 2.75) is 163 Å². The van der Waals surface area contributed by atoms with E-state index in [1.54, 1.807) is 16.4 Å². The van der Waals surface area contributed by atoms with Crippen molar-refractivity contribution in [3.63, 3.8) is 0 Å². The molecule has 0 aromatic heterocycles. The van der Waals surface area contributed by atoms with Gasteiger partial charge in [-0.3, -0.25) is 9.91 Å². The molecule has 1 rings (SSSR count). The van der Waals surface area contributed by atoms with Gasteiger partial charge in [-0.2, -0.15) is 0 Å². The molecule has 0 spiro atoms. The minimum atomic E-state index is -1.03. The van der Waals surface area contributed by atoms with Crippen molar-refractivity contribution in [1.29, 1.82) is 0 Å². The summed E-state index contributed by atoms with van der Waals surface area (Å²) in [5.74, 6) is 8.63. The predicted molar refractivity (Wildman–Crippen MR) is 202 cm³/mol. The van der Waals surface area contributed by atoms with E-state index in [9.17, 15) is 4.89 Å². The highest BCUT2D eigenvalue weighted by molar-refractivity contribution is 8.54. The number of anilines is 2. The summed E-state index contributed by atoms with van der Waals surface area (Å²) in [6, 6.07) is 6.33. The van der Waals surface area contributed by atoms with Gasteiger partial charge < -0.3 is 10.6 Å². The Balaban J connectivity index is 2.40. The maximum Gasteiger partial charge on any atom is 0.0868 e. The summed E-state index contributed by atoms with van der Waals surface area (Å²) >= 11 is 1.71. The van der Waals surface area contributed by atoms with Crippen molar-refractivity contribution >= 4 is 30.1 Å². The number of hydrogen-bond acceptors (Lipinski definition) is 6. The lowest BCUT2D eigenvalue weighted by Crippen LogP contribution is -2.43. The predicted octanol–water partition coefficient (Wildman–Crippen LogP) is 11.5. The first-order valence-electron chi connectivity index (χ1n) is 18.5. The van der Waals surface area contributed by atoms with E-state index in [1.807, 2.05) is 0 Å². The van der Waals surface area contributed by atoms with Gasteiger partial charge in [-0.15, -0.1) is 0 Å². The maximum atomic E-state index is 10.8. The average Bonchev–Trinajstić information content (AvgIpc) is 2.97. The Morgan fingerprint density at radius 1 is 0.773 bits per heavy atom. The molecule has 0 heterocycles. The van der Waals surface area contributed by atoms with E-state index in [1.165, 1.54) is 128 Å². The van der Waals surface area contributed by atoms with Crippen LogP contribution in [-0.2, 0) is 6.42 Å². The van der Waals surface area contributed by atoms with Crippen LogP contribution in [0.4, 0.5) is 11.4 Å². The molecule has 5 nitrogen and oxygen atoms in total. The summed E-state index contributed by atoms with van der Waals surface area (Å²) in [7, 11) is -1.03. The molecule has 0 bridgehead atoms. The molecule has 0 saturated heterocycles. The Hall–Kier alpha value is -0.520. The van der Waals surface area contributed by atoms with Crippen LogP contribution in [0.25, 0.3) is 0 Å². The topological polar surface area (TPSA) is 78.8 Å². The van der Waals surface area contributed by atoms with Gasteiger partial charge in [-0.25, -0.2) is 5.84 Å². The second-order valence-corrected chi connectivity index (χ2v) is 17.5. The molecule has 258 valence electrons. The summed E-state index contributed by atoms with van der Waals surface area (Å²) < 4.78 is 0. The first kappa shape index (κ1) is 41.5. The second-order valence-electron chi connectivity index (χ2n) is 13.8. The van der Waals surface area contributed by atoms with Gasteiger partial charge in [0.25, 0.3) is 0 Å². The van der Waals surface area contributed by atoms with Crippen molar-refractivity contribution in [3.05, 3.63) is 23.8 Å². The van der Waals surface area contributed by atoms with E-state index in [-0.39, 0.29) is 0 Å². The zero-order chi connectivity index (χ0) is 32.4. The van der Waals surface area contributed by atoms with E-state index in [0.717, 1.165) is 36.4 Å². The van der Waals surface area contributed by atoms with Crippen LogP contribution in [0, 0.1) is 11.8 Å². The number of nitrogens with zero attached hydrogens (tertiary/aromatic N) is 2. The first-order valence-corrected chi connectivity index (χ1v) is 21.6. The van der Waals surface area contributed by atoms with E-state index in [4.69, 9.17) is 11.6 Å². The van der Waals surface area contributed by atoms with E-state index >= 15 is 0 Å². The zero-order valence-electron chi connectivity index (χ0n) is 29.7. The molecule has 0 aliphatic carbocycles. The third kappa shape index (κ3) is 22.1. The van der Waals surface area contributed by atoms with Gasteiger partial charge >= 0.3 is 0 Å². The molecule has 0 aliphatic heterocycles. The van der Waals surface area contributed by atoms with Crippen LogP contribution in [0.5, 0.6) is 0 Å². The molecule has 0 radical (unpaired) electrons. The van der Waals surface area contributed by atoms with Crippen LogP contribution in [0.1, 0.15) is 162 Å². The second kappa shape index (κ2) is 27.6. The molecule has 1 aromatic carbocycles. The summed E-state index contributed by atoms with van der Waals surface area (Å²) in [6.07, 6.45) is 27.6. The standard InChI is InChI=1S/C37H73N4OPS/c1-6-8-10-11-12-13-14-15-16-17-18-19-20-21-22-23-27-40(32-44-43(42)30-34(5)28-33(3)4)31-41(39)37-26-25-35(24-9-7-2)29-36(37)38/h25-26,29,33-34,42H,6-24,27-28,30-32,38-39H2,1-5H3. The minimum absolute atomic E-state index is 0.560. The third-order valence-electron chi connectivity index (χ3n) is 8.63. The Morgan fingerprint density at radius 3 is 1.80 bits per heavy atom. The van der Waals surface area contributed by atoms with Crippen molar-refractivity contribution in [3.8, 4) is 0 Å². The minimum Gasteiger partial charge on any atom is -0.397 e. The number of rotatable bonds is 30. The number of nitrogens with two attached hydrogens (primary N) is 2. The van der Waals surface area contributed by atoms with Crippen molar-refractivity contribution in [1.82, 2.24) is 4.90 Å². The van der Waals surface area contributed by atoms with Crippen LogP contribution in [0.15, 0.2) is 18.2 Å². The Bertz CT molecular complexity index is 799. The van der Waals surface area contributed by atoms with Crippen LogP contribution in [0.2, 0.25) is 0 Å². The van der Waals surface area contributed by atoms with Gasteiger partial charge in [0.15, 0.2) is 0 Å². The van der Waals surface area contributed by atoms with Gasteiger partial charge in [0.2, 0.25) is 0 Å². The van der Waals surface area contributed by atoms with Crippen LogP contribution >= 0.6 is 18.7 Å². The Kier molecular flexibility index (Phi) is 26.0.